The van der Waals surface area contributed by atoms with Gasteiger partial charge in [-0.25, -0.2) is 4.79 Å². The lowest BCUT2D eigenvalue weighted by molar-refractivity contribution is -0.137. The minimum atomic E-state index is -0.858. The molecule has 0 N–H and O–H groups in total. The molecule has 14 heavy (non-hydrogen) atoms. The third-order valence-electron chi connectivity index (χ3n) is 1.54. The van der Waals surface area contributed by atoms with E-state index in [9.17, 15) is 9.59 Å². The quantitative estimate of drug-likeness (QED) is 0.461. The van der Waals surface area contributed by atoms with Gasteiger partial charge in [-0.1, -0.05) is 0 Å². The number of ketones is 1. The first kappa shape index (κ1) is 10.9. The maximum atomic E-state index is 11.4. The second-order valence-corrected chi connectivity index (χ2v) is 3.34. The van der Waals surface area contributed by atoms with Crippen molar-refractivity contribution in [2.24, 2.45) is 7.05 Å². The highest BCUT2D eigenvalue weighted by Gasteiger charge is 2.21. The number of esters is 1. The van der Waals surface area contributed by atoms with Crippen LogP contribution in [0.1, 0.15) is 17.4 Å². The molecule has 1 aromatic heterocycles. The van der Waals surface area contributed by atoms with Crippen LogP contribution >= 0.6 is 15.9 Å². The van der Waals surface area contributed by atoms with Gasteiger partial charge in [0.1, 0.15) is 10.3 Å². The fraction of sp³-hybridized carbons (Fsp3) is 0.375. The van der Waals surface area contributed by atoms with Crippen molar-refractivity contribution in [3.05, 3.63) is 16.4 Å². The number of Topliss-reactive ketones (excluding diaryl/α,β-unsaturated/α-hetero) is 1. The molecule has 0 fully saturated rings. The lowest BCUT2D eigenvalue weighted by Crippen LogP contribution is -2.20. The predicted molar refractivity (Wildman–Crippen MR) is 51.9 cm³/mol. The fourth-order valence-electron chi connectivity index (χ4n) is 0.946. The van der Waals surface area contributed by atoms with E-state index in [2.05, 4.69) is 25.8 Å². The van der Waals surface area contributed by atoms with E-state index in [1.165, 1.54) is 10.7 Å². The molecule has 0 atom stereocenters. The van der Waals surface area contributed by atoms with Gasteiger partial charge >= 0.3 is 5.97 Å². The smallest absolute Gasteiger partial charge is 0.381 e. The number of nitrogens with zero attached hydrogens (tertiary/aromatic N) is 2. The Labute approximate surface area is 89.2 Å². The molecule has 6 heteroatoms. The van der Waals surface area contributed by atoms with Crippen LogP contribution in [0.5, 0.6) is 0 Å². The normalized spacial score (nSPS) is 9.93. The molecular formula is C8H9BrN2O3. The number of hydrogen-bond donors (Lipinski definition) is 0. The van der Waals surface area contributed by atoms with Gasteiger partial charge in [0.15, 0.2) is 0 Å². The van der Waals surface area contributed by atoms with E-state index in [1.807, 2.05) is 0 Å². The lowest BCUT2D eigenvalue weighted by atomic mass is 10.3. The second-order valence-electron chi connectivity index (χ2n) is 2.53. The van der Waals surface area contributed by atoms with Crippen LogP contribution in [0.3, 0.4) is 0 Å². The van der Waals surface area contributed by atoms with E-state index < -0.39 is 11.8 Å². The molecule has 0 aromatic carbocycles. The van der Waals surface area contributed by atoms with Crippen LogP contribution in [0.25, 0.3) is 0 Å². The Bertz CT molecular complexity index is 373. The molecule has 0 spiro atoms. The van der Waals surface area contributed by atoms with E-state index in [-0.39, 0.29) is 12.3 Å². The van der Waals surface area contributed by atoms with E-state index >= 15 is 0 Å². The van der Waals surface area contributed by atoms with Crippen LogP contribution < -0.4 is 0 Å². The number of carbonyl (C=O) groups excluding carboxylic acids is 2. The Balaban J connectivity index is 2.89. The van der Waals surface area contributed by atoms with Gasteiger partial charge in [-0.2, -0.15) is 5.10 Å². The molecule has 0 saturated heterocycles. The summed E-state index contributed by atoms with van der Waals surface area (Å²) in [6.07, 6.45) is 0. The highest BCUT2D eigenvalue weighted by Crippen LogP contribution is 2.10. The molecular weight excluding hydrogens is 252 g/mol. The monoisotopic (exact) mass is 260 g/mol. The van der Waals surface area contributed by atoms with Crippen LogP contribution in [-0.2, 0) is 16.6 Å². The minimum Gasteiger partial charge on any atom is -0.460 e. The first-order valence-electron chi connectivity index (χ1n) is 3.97. The lowest BCUT2D eigenvalue weighted by Gasteiger charge is -2.00. The number of ether oxygens (including phenoxy) is 1. The minimum absolute atomic E-state index is 0.184. The summed E-state index contributed by atoms with van der Waals surface area (Å²) < 4.78 is 6.41. The van der Waals surface area contributed by atoms with E-state index in [4.69, 9.17) is 0 Å². The molecule has 0 saturated carbocycles. The molecule has 0 bridgehead atoms. The largest absolute Gasteiger partial charge is 0.460 e. The Kier molecular flexibility index (Phi) is 3.40. The van der Waals surface area contributed by atoms with Gasteiger partial charge in [-0.3, -0.25) is 9.48 Å². The highest BCUT2D eigenvalue weighted by atomic mass is 79.9. The zero-order chi connectivity index (χ0) is 10.7. The second kappa shape index (κ2) is 4.36. The van der Waals surface area contributed by atoms with Gasteiger partial charge in [0.2, 0.25) is 0 Å². The molecule has 0 unspecified atom stereocenters. The summed E-state index contributed by atoms with van der Waals surface area (Å²) in [5, 5.41) is 3.88. The first-order chi connectivity index (χ1) is 6.56. The van der Waals surface area contributed by atoms with Gasteiger partial charge in [-0.15, -0.1) is 0 Å². The zero-order valence-electron chi connectivity index (χ0n) is 7.78. The maximum Gasteiger partial charge on any atom is 0.381 e. The summed E-state index contributed by atoms with van der Waals surface area (Å²) in [6.45, 7) is 1.83. The third-order valence-corrected chi connectivity index (χ3v) is 1.93. The van der Waals surface area contributed by atoms with Gasteiger partial charge in [0, 0.05) is 13.1 Å². The average Bonchev–Trinajstić information content (AvgIpc) is 2.44. The summed E-state index contributed by atoms with van der Waals surface area (Å²) in [6, 6.07) is 1.47. The topological polar surface area (TPSA) is 61.2 Å². The maximum absolute atomic E-state index is 11.4. The number of carbonyl (C=O) groups is 2. The molecule has 0 aliphatic carbocycles. The van der Waals surface area contributed by atoms with Gasteiger partial charge in [0.25, 0.3) is 5.78 Å². The Hall–Kier alpha value is -1.17. The van der Waals surface area contributed by atoms with Crippen molar-refractivity contribution in [1.82, 2.24) is 9.78 Å². The van der Waals surface area contributed by atoms with Crippen LogP contribution in [0.4, 0.5) is 0 Å². The molecule has 0 aliphatic heterocycles. The van der Waals surface area contributed by atoms with Gasteiger partial charge in [-0.05, 0) is 22.9 Å². The molecule has 0 amide bonds. The van der Waals surface area contributed by atoms with E-state index in [1.54, 1.807) is 14.0 Å². The first-order valence-corrected chi connectivity index (χ1v) is 4.76. The highest BCUT2D eigenvalue weighted by molar-refractivity contribution is 9.10. The third kappa shape index (κ3) is 2.20. The summed E-state index contributed by atoms with van der Waals surface area (Å²) in [7, 11) is 1.58. The molecule has 1 heterocycles. The molecule has 5 nitrogen and oxygen atoms in total. The number of rotatable bonds is 3. The average molecular weight is 261 g/mol. The van der Waals surface area contributed by atoms with Gasteiger partial charge < -0.3 is 4.74 Å². The SMILES string of the molecule is CCOC(=O)C(=O)c1cc(Br)nn1C. The van der Waals surface area contributed by atoms with Crippen molar-refractivity contribution >= 4 is 27.7 Å². The van der Waals surface area contributed by atoms with Gasteiger partial charge in [0.05, 0.1) is 6.61 Å². The fourth-order valence-corrected chi connectivity index (χ4v) is 1.40. The van der Waals surface area contributed by atoms with Crippen molar-refractivity contribution < 1.29 is 14.3 Å². The van der Waals surface area contributed by atoms with Crippen LogP contribution in [0.15, 0.2) is 10.7 Å². The Morgan fingerprint density at radius 1 is 1.64 bits per heavy atom. The standard InChI is InChI=1S/C8H9BrN2O3/c1-3-14-8(13)7(12)5-4-6(9)10-11(5)2/h4H,3H2,1-2H3. The van der Waals surface area contributed by atoms with Crippen LogP contribution in [-0.4, -0.2) is 28.1 Å². The number of hydrogen-bond acceptors (Lipinski definition) is 4. The van der Waals surface area contributed by atoms with Crippen molar-refractivity contribution in [3.63, 3.8) is 0 Å². The van der Waals surface area contributed by atoms with Crippen LogP contribution in [0, 0.1) is 0 Å². The molecule has 0 aliphatic rings. The molecule has 0 radical (unpaired) electrons. The Morgan fingerprint density at radius 2 is 2.29 bits per heavy atom. The van der Waals surface area contributed by atoms with Crippen molar-refractivity contribution in [1.29, 1.82) is 0 Å². The summed E-state index contributed by atoms with van der Waals surface area (Å²) >= 11 is 3.10. The van der Waals surface area contributed by atoms with Crippen LogP contribution in [0.2, 0.25) is 0 Å². The zero-order valence-corrected chi connectivity index (χ0v) is 9.37. The molecule has 1 rings (SSSR count). The van der Waals surface area contributed by atoms with Crippen molar-refractivity contribution in [3.8, 4) is 0 Å². The van der Waals surface area contributed by atoms with E-state index in [0.29, 0.717) is 4.60 Å². The number of halogens is 1. The van der Waals surface area contributed by atoms with E-state index in [0.717, 1.165) is 0 Å². The van der Waals surface area contributed by atoms with Crippen molar-refractivity contribution in [2.45, 2.75) is 6.92 Å². The predicted octanol–water partition coefficient (Wildman–Crippen LogP) is 0.928. The molecule has 76 valence electrons. The number of aryl methyl sites for hydroxylation is 1. The Morgan fingerprint density at radius 3 is 2.71 bits per heavy atom. The summed E-state index contributed by atoms with van der Waals surface area (Å²) in [4.78, 5) is 22.5. The van der Waals surface area contributed by atoms with Crippen molar-refractivity contribution in [2.75, 3.05) is 6.61 Å². The summed E-state index contributed by atoms with van der Waals surface area (Å²) in [5.74, 6) is -1.55. The number of aromatic nitrogens is 2. The molecule has 1 aromatic rings. The summed E-state index contributed by atoms with van der Waals surface area (Å²) in [5.41, 5.74) is 0.204.